The van der Waals surface area contributed by atoms with Gasteiger partial charge in [-0.2, -0.15) is 4.83 Å². The van der Waals surface area contributed by atoms with Crippen LogP contribution in [0.3, 0.4) is 0 Å². The maximum Gasteiger partial charge on any atom is 0.253 e. The summed E-state index contributed by atoms with van der Waals surface area (Å²) in [6, 6.07) is 4.20. The minimum atomic E-state index is -3.60. The molecule has 0 aliphatic heterocycles. The Morgan fingerprint density at radius 3 is 2.54 bits per heavy atom. The summed E-state index contributed by atoms with van der Waals surface area (Å²) in [5.41, 5.74) is 0. The average molecular weight is 286 g/mol. The second-order valence-corrected chi connectivity index (χ2v) is 5.17. The summed E-state index contributed by atoms with van der Waals surface area (Å²) in [5, 5.41) is 0.441. The van der Waals surface area contributed by atoms with Crippen LogP contribution >= 0.6 is 27.5 Å². The highest BCUT2D eigenvalue weighted by Gasteiger charge is 2.12. The molecule has 0 saturated heterocycles. The number of hydrogen-bond donors (Lipinski definition) is 2. The molecule has 0 heterocycles. The smallest absolute Gasteiger partial charge is 0.253 e. The van der Waals surface area contributed by atoms with Crippen molar-refractivity contribution in [3.63, 3.8) is 0 Å². The SMILES string of the molecule is NNS(=O)(=O)c1ccc(Cl)c(Br)c1. The lowest BCUT2D eigenvalue weighted by atomic mass is 10.4. The van der Waals surface area contributed by atoms with E-state index in [1.807, 2.05) is 0 Å². The first-order valence-corrected chi connectivity index (χ1v) is 5.80. The molecule has 72 valence electrons. The van der Waals surface area contributed by atoms with Crippen molar-refractivity contribution in [2.24, 2.45) is 5.84 Å². The van der Waals surface area contributed by atoms with Crippen LogP contribution in [0.15, 0.2) is 27.6 Å². The van der Waals surface area contributed by atoms with Gasteiger partial charge in [0, 0.05) is 4.47 Å². The van der Waals surface area contributed by atoms with Gasteiger partial charge in [-0.05, 0) is 34.1 Å². The third-order valence-corrected chi connectivity index (χ3v) is 3.76. The molecule has 3 N–H and O–H groups in total. The Labute approximate surface area is 89.2 Å². The average Bonchev–Trinajstić information content (AvgIpc) is 2.09. The molecule has 7 heteroatoms. The van der Waals surface area contributed by atoms with E-state index in [-0.39, 0.29) is 4.90 Å². The van der Waals surface area contributed by atoms with Crippen LogP contribution in [-0.2, 0) is 10.0 Å². The predicted molar refractivity (Wildman–Crippen MR) is 53.7 cm³/mol. The van der Waals surface area contributed by atoms with Gasteiger partial charge in [-0.15, -0.1) is 0 Å². The van der Waals surface area contributed by atoms with Gasteiger partial charge in [0.2, 0.25) is 0 Å². The van der Waals surface area contributed by atoms with Crippen LogP contribution in [0.4, 0.5) is 0 Å². The number of nitrogens with two attached hydrogens (primary N) is 1. The van der Waals surface area contributed by atoms with Gasteiger partial charge in [-0.3, -0.25) is 5.84 Å². The molecule has 0 fully saturated rings. The highest BCUT2D eigenvalue weighted by molar-refractivity contribution is 9.10. The molecule has 0 amide bonds. The third kappa shape index (κ3) is 2.41. The van der Waals surface area contributed by atoms with E-state index in [9.17, 15) is 8.42 Å². The standard InChI is InChI=1S/C6H6BrClN2O2S/c7-5-3-4(1-2-6(5)8)13(11,12)10-9/h1-3,10H,9H2. The zero-order valence-electron chi connectivity index (χ0n) is 6.29. The second-order valence-electron chi connectivity index (χ2n) is 2.20. The maximum atomic E-state index is 11.2. The molecule has 0 aromatic heterocycles. The Morgan fingerprint density at radius 2 is 2.08 bits per heavy atom. The first-order valence-electron chi connectivity index (χ1n) is 3.15. The highest BCUT2D eigenvalue weighted by atomic mass is 79.9. The molecular formula is C6H6BrClN2O2S. The van der Waals surface area contributed by atoms with E-state index in [1.165, 1.54) is 18.2 Å². The second kappa shape index (κ2) is 3.93. The fraction of sp³-hybridized carbons (Fsp3) is 0. The van der Waals surface area contributed by atoms with Gasteiger partial charge in [0.05, 0.1) is 9.92 Å². The van der Waals surface area contributed by atoms with E-state index >= 15 is 0 Å². The zero-order chi connectivity index (χ0) is 10.1. The molecule has 1 aromatic rings. The van der Waals surface area contributed by atoms with Crippen molar-refractivity contribution in [3.8, 4) is 0 Å². The van der Waals surface area contributed by atoms with Crippen molar-refractivity contribution < 1.29 is 8.42 Å². The summed E-state index contributed by atoms with van der Waals surface area (Å²) < 4.78 is 22.8. The molecule has 0 aliphatic carbocycles. The number of benzene rings is 1. The molecule has 13 heavy (non-hydrogen) atoms. The van der Waals surface area contributed by atoms with E-state index in [1.54, 1.807) is 4.83 Å². The van der Waals surface area contributed by atoms with Crippen LogP contribution in [0.1, 0.15) is 0 Å². The molecule has 0 spiro atoms. The van der Waals surface area contributed by atoms with Gasteiger partial charge in [-0.25, -0.2) is 8.42 Å². The van der Waals surface area contributed by atoms with Crippen LogP contribution < -0.4 is 10.7 Å². The lowest BCUT2D eigenvalue weighted by molar-refractivity contribution is 0.584. The number of hydrazine groups is 1. The minimum Gasteiger partial charge on any atom is -0.257 e. The molecule has 0 unspecified atom stereocenters. The molecule has 4 nitrogen and oxygen atoms in total. The molecule has 1 aromatic carbocycles. The normalized spacial score (nSPS) is 11.6. The Hall–Kier alpha value is -0.140. The molecule has 0 radical (unpaired) electrons. The fourth-order valence-corrected chi connectivity index (χ4v) is 2.02. The lowest BCUT2D eigenvalue weighted by Crippen LogP contribution is -2.30. The first kappa shape index (κ1) is 10.9. The molecule has 0 bridgehead atoms. The largest absolute Gasteiger partial charge is 0.257 e. The minimum absolute atomic E-state index is 0.0614. The van der Waals surface area contributed by atoms with Crippen LogP contribution in [0.25, 0.3) is 0 Å². The van der Waals surface area contributed by atoms with Crippen molar-refractivity contribution in [1.29, 1.82) is 0 Å². The van der Waals surface area contributed by atoms with E-state index in [2.05, 4.69) is 15.9 Å². The van der Waals surface area contributed by atoms with Crippen molar-refractivity contribution in [1.82, 2.24) is 4.83 Å². The fourth-order valence-electron chi connectivity index (χ4n) is 0.712. The Balaban J connectivity index is 3.27. The quantitative estimate of drug-likeness (QED) is 0.634. The molecule has 0 saturated carbocycles. The maximum absolute atomic E-state index is 11.2. The number of sulfonamides is 1. The zero-order valence-corrected chi connectivity index (χ0v) is 9.45. The third-order valence-electron chi connectivity index (χ3n) is 1.36. The topological polar surface area (TPSA) is 72.2 Å². The molecular weight excluding hydrogens is 280 g/mol. The summed E-state index contributed by atoms with van der Waals surface area (Å²) in [6.45, 7) is 0. The Kier molecular flexibility index (Phi) is 3.31. The summed E-state index contributed by atoms with van der Waals surface area (Å²) in [6.07, 6.45) is 0. The summed E-state index contributed by atoms with van der Waals surface area (Å²) >= 11 is 8.78. The van der Waals surface area contributed by atoms with E-state index in [0.717, 1.165) is 0 Å². The van der Waals surface area contributed by atoms with Crippen LogP contribution in [0.5, 0.6) is 0 Å². The van der Waals surface area contributed by atoms with Gasteiger partial charge in [0.15, 0.2) is 0 Å². The number of hydrogen-bond acceptors (Lipinski definition) is 3. The van der Waals surface area contributed by atoms with Gasteiger partial charge < -0.3 is 0 Å². The predicted octanol–water partition coefficient (Wildman–Crippen LogP) is 1.25. The first-order chi connectivity index (χ1) is 5.97. The van der Waals surface area contributed by atoms with Crippen molar-refractivity contribution in [2.75, 3.05) is 0 Å². The van der Waals surface area contributed by atoms with Crippen molar-refractivity contribution in [2.45, 2.75) is 4.90 Å². The molecule has 0 atom stereocenters. The number of rotatable bonds is 2. The van der Waals surface area contributed by atoms with Gasteiger partial charge in [0.25, 0.3) is 10.0 Å². The van der Waals surface area contributed by atoms with E-state index in [4.69, 9.17) is 17.4 Å². The Bertz CT molecular complexity index is 421. The summed E-state index contributed by atoms with van der Waals surface area (Å²) in [5.74, 6) is 4.84. The summed E-state index contributed by atoms with van der Waals surface area (Å²) in [7, 11) is -3.60. The van der Waals surface area contributed by atoms with Crippen molar-refractivity contribution >= 4 is 37.6 Å². The molecule has 1 rings (SSSR count). The van der Waals surface area contributed by atoms with Crippen molar-refractivity contribution in [3.05, 3.63) is 27.7 Å². The summed E-state index contributed by atoms with van der Waals surface area (Å²) in [4.78, 5) is 1.77. The lowest BCUT2D eigenvalue weighted by Gasteiger charge is -2.02. The monoisotopic (exact) mass is 284 g/mol. The van der Waals surface area contributed by atoms with Crippen LogP contribution in [0.2, 0.25) is 5.02 Å². The van der Waals surface area contributed by atoms with Gasteiger partial charge in [-0.1, -0.05) is 11.6 Å². The highest BCUT2D eigenvalue weighted by Crippen LogP contribution is 2.24. The Morgan fingerprint density at radius 1 is 1.46 bits per heavy atom. The van der Waals surface area contributed by atoms with Crippen LogP contribution in [0, 0.1) is 0 Å². The van der Waals surface area contributed by atoms with Gasteiger partial charge in [0.1, 0.15) is 0 Å². The van der Waals surface area contributed by atoms with Gasteiger partial charge >= 0.3 is 0 Å². The number of nitrogens with one attached hydrogen (secondary N) is 1. The molecule has 0 aliphatic rings. The van der Waals surface area contributed by atoms with Crippen LogP contribution in [-0.4, -0.2) is 8.42 Å². The number of halogens is 2. The van der Waals surface area contributed by atoms with E-state index in [0.29, 0.717) is 9.50 Å². The van der Waals surface area contributed by atoms with E-state index < -0.39 is 10.0 Å².